The van der Waals surface area contributed by atoms with Crippen molar-refractivity contribution in [2.75, 3.05) is 9.80 Å². The van der Waals surface area contributed by atoms with E-state index in [4.69, 9.17) is 9.72 Å². The summed E-state index contributed by atoms with van der Waals surface area (Å²) in [6, 6.07) is 59.3. The summed E-state index contributed by atoms with van der Waals surface area (Å²) in [4.78, 5) is 9.46. The average Bonchev–Trinajstić information content (AvgIpc) is 3.82. The van der Waals surface area contributed by atoms with Gasteiger partial charge in [0.2, 0.25) is 0 Å². The van der Waals surface area contributed by atoms with Gasteiger partial charge in [0, 0.05) is 61.3 Å². The Morgan fingerprint density at radius 1 is 0.554 bits per heavy atom. The van der Waals surface area contributed by atoms with Crippen molar-refractivity contribution in [2.45, 2.75) is 73.1 Å². The van der Waals surface area contributed by atoms with Crippen LogP contribution in [-0.4, -0.2) is 9.55 Å². The number of benzene rings is 7. The van der Waals surface area contributed by atoms with E-state index in [-0.39, 0.29) is 31.9 Å². The summed E-state index contributed by atoms with van der Waals surface area (Å²) in [5, 5.41) is 2.22. The van der Waals surface area contributed by atoms with Gasteiger partial charge in [0.05, 0.1) is 0 Å². The van der Waals surface area contributed by atoms with E-state index in [1.54, 1.807) is 0 Å². The first-order valence-corrected chi connectivity index (χ1v) is 22.2. The maximum atomic E-state index is 6.71. The van der Waals surface area contributed by atoms with Gasteiger partial charge in [-0.2, -0.15) is 12.1 Å². The summed E-state index contributed by atoms with van der Waals surface area (Å²) in [5.41, 5.74) is 17.1. The quantitative estimate of drug-likeness (QED) is 0.149. The van der Waals surface area contributed by atoms with Crippen molar-refractivity contribution in [3.05, 3.63) is 198 Å². The summed E-state index contributed by atoms with van der Waals surface area (Å²) in [6.07, 6.45) is 1.92. The van der Waals surface area contributed by atoms with E-state index in [2.05, 4.69) is 223 Å². The van der Waals surface area contributed by atoms with Gasteiger partial charge in [-0.05, 0) is 124 Å². The molecule has 3 heterocycles. The molecule has 0 fully saturated rings. The van der Waals surface area contributed by atoms with Gasteiger partial charge < -0.3 is 19.1 Å². The molecule has 0 aliphatic carbocycles. The van der Waals surface area contributed by atoms with Crippen LogP contribution in [0.5, 0.6) is 11.5 Å². The van der Waals surface area contributed by atoms with E-state index >= 15 is 0 Å². The largest absolute Gasteiger partial charge is 0.509 e. The molecule has 0 bridgehead atoms. The molecule has 9 aromatic rings. The molecule has 7 aromatic carbocycles. The fourth-order valence-corrected chi connectivity index (χ4v) is 9.26. The van der Waals surface area contributed by atoms with E-state index in [0.717, 1.165) is 50.4 Å². The number of hydrogen-bond acceptors (Lipinski definition) is 4. The van der Waals surface area contributed by atoms with Crippen LogP contribution in [0.3, 0.4) is 0 Å². The Kier molecular flexibility index (Phi) is 11.4. The Bertz CT molecular complexity index is 3220. The third-order valence-corrected chi connectivity index (χ3v) is 12.5. The van der Waals surface area contributed by atoms with Crippen molar-refractivity contribution < 1.29 is 25.8 Å². The van der Waals surface area contributed by atoms with E-state index in [1.807, 2.05) is 24.4 Å². The Labute approximate surface area is 398 Å². The molecule has 0 atom stereocenters. The van der Waals surface area contributed by atoms with Crippen LogP contribution in [0.2, 0.25) is 0 Å². The number of rotatable bonds is 7. The van der Waals surface area contributed by atoms with Gasteiger partial charge in [0.1, 0.15) is 5.82 Å². The van der Waals surface area contributed by atoms with Gasteiger partial charge in [-0.25, -0.2) is 4.98 Å². The van der Waals surface area contributed by atoms with Crippen molar-refractivity contribution in [2.24, 2.45) is 0 Å². The molecule has 1 aliphatic rings. The van der Waals surface area contributed by atoms with Crippen molar-refractivity contribution in [3.63, 3.8) is 0 Å². The molecule has 6 heteroatoms. The van der Waals surface area contributed by atoms with Crippen LogP contribution in [0.25, 0.3) is 49.9 Å². The number of ether oxygens (including phenoxy) is 1. The van der Waals surface area contributed by atoms with Crippen molar-refractivity contribution >= 4 is 44.6 Å². The zero-order valence-corrected chi connectivity index (χ0v) is 40.8. The van der Waals surface area contributed by atoms with Crippen LogP contribution in [0.1, 0.15) is 69.4 Å². The number of para-hydroxylation sites is 2. The predicted molar refractivity (Wildman–Crippen MR) is 267 cm³/mol. The number of fused-ring (bicyclic) bond motifs is 4. The van der Waals surface area contributed by atoms with Crippen LogP contribution < -0.4 is 14.5 Å². The molecule has 2 aromatic heterocycles. The maximum absolute atomic E-state index is 6.71. The van der Waals surface area contributed by atoms with Crippen LogP contribution in [0, 0.1) is 39.6 Å². The first-order chi connectivity index (χ1) is 30.7. The molecule has 0 spiro atoms. The van der Waals surface area contributed by atoms with E-state index in [9.17, 15) is 0 Å². The minimum Gasteiger partial charge on any atom is -0.509 e. The summed E-state index contributed by atoms with van der Waals surface area (Å²) in [5.74, 6) is 2.05. The van der Waals surface area contributed by atoms with Gasteiger partial charge in [-0.1, -0.05) is 125 Å². The molecule has 0 N–H and O–H groups in total. The number of aryl methyl sites for hydroxylation is 3. The second-order valence-corrected chi connectivity index (χ2v) is 19.3. The third-order valence-electron chi connectivity index (χ3n) is 12.5. The van der Waals surface area contributed by atoms with E-state index < -0.39 is 0 Å². The van der Waals surface area contributed by atoms with Gasteiger partial charge >= 0.3 is 0 Å². The monoisotopic (exact) mass is 1030 g/mol. The molecule has 65 heavy (non-hydrogen) atoms. The molecule has 328 valence electrons. The maximum Gasteiger partial charge on any atom is 0.135 e. The summed E-state index contributed by atoms with van der Waals surface area (Å²) < 4.78 is 8.95. The predicted octanol–water partition coefficient (Wildman–Crippen LogP) is 15.8. The Hall–Kier alpha value is -6.42. The number of nitrogens with zero attached hydrogens (tertiary/aromatic N) is 4. The second-order valence-electron chi connectivity index (χ2n) is 19.3. The summed E-state index contributed by atoms with van der Waals surface area (Å²) in [6.45, 7) is 22.3. The Morgan fingerprint density at radius 2 is 1.23 bits per heavy atom. The minimum absolute atomic E-state index is 0. The van der Waals surface area contributed by atoms with Crippen LogP contribution in [0.15, 0.2) is 152 Å². The second kappa shape index (κ2) is 16.9. The molecule has 1 aliphatic heterocycles. The molecule has 10 rings (SSSR count). The Morgan fingerprint density at radius 3 is 1.95 bits per heavy atom. The fourth-order valence-electron chi connectivity index (χ4n) is 9.26. The molecular weight excluding hydrogens is 976 g/mol. The van der Waals surface area contributed by atoms with Gasteiger partial charge in [-0.15, -0.1) is 48.1 Å². The van der Waals surface area contributed by atoms with Crippen molar-refractivity contribution in [1.82, 2.24) is 9.55 Å². The van der Waals surface area contributed by atoms with Gasteiger partial charge in [0.15, 0.2) is 0 Å². The Balaban J connectivity index is 0.00000533. The summed E-state index contributed by atoms with van der Waals surface area (Å²) >= 11 is 0. The van der Waals surface area contributed by atoms with Gasteiger partial charge in [-0.3, -0.25) is 0 Å². The molecular formula is C59H53N4OPt-3. The minimum atomic E-state index is -0.0531. The fraction of sp³-hybridized carbons (Fsp3) is 0.186. The molecule has 0 amide bonds. The molecule has 0 radical (unpaired) electrons. The average molecular weight is 1030 g/mol. The van der Waals surface area contributed by atoms with E-state index in [0.29, 0.717) is 11.5 Å². The topological polar surface area (TPSA) is 33.5 Å². The van der Waals surface area contributed by atoms with E-state index in [1.165, 1.54) is 50.1 Å². The normalized spacial score (nSPS) is 12.8. The van der Waals surface area contributed by atoms with Gasteiger partial charge in [0.25, 0.3) is 0 Å². The summed E-state index contributed by atoms with van der Waals surface area (Å²) in [7, 11) is 0. The number of aromatic nitrogens is 2. The molecule has 0 saturated carbocycles. The number of anilines is 4. The standard InChI is InChI=1S/C59H53N4O.Pt/c1-38-28-39(2)57(40(3)29-38)42-22-24-50-51-25-23-49(36-55(51)63(54(50)32-42)56-34-44(26-27-60-56)58(4,5)6)64-48-19-15-18-46(35-48)61-37-62(53-21-14-13-20-52(53)61)47-31-43(41-16-11-10-12-17-41)30-45(33-47)59(7,8)9;/h10-34,37H,1-9H3;/q-3;. The molecule has 0 saturated heterocycles. The first-order valence-electron chi connectivity index (χ1n) is 22.2. The van der Waals surface area contributed by atoms with Crippen molar-refractivity contribution in [1.29, 1.82) is 0 Å². The van der Waals surface area contributed by atoms with Crippen LogP contribution in [0.4, 0.5) is 22.7 Å². The first kappa shape index (κ1) is 43.8. The smallest absolute Gasteiger partial charge is 0.135 e. The van der Waals surface area contributed by atoms with Crippen LogP contribution >= 0.6 is 0 Å². The zero-order chi connectivity index (χ0) is 44.5. The SMILES string of the molecule is Cc1cc(C)c(-c2ccc3c4ccc(Oc5[c-]c(N6[CH-]N(c7cc(-c8ccccc8)cc(C(C)(C)C)c7)c7ccccc76)ccc5)[c-]c4n(-c4cc(C(C)(C)C)ccn4)c3c2)c(C)c1.[Pt]. The van der Waals surface area contributed by atoms with Crippen LogP contribution in [-0.2, 0) is 31.9 Å². The number of pyridine rings is 1. The number of hydrogen-bond donors (Lipinski definition) is 0. The zero-order valence-electron chi connectivity index (χ0n) is 38.5. The third kappa shape index (κ3) is 8.28. The molecule has 0 unspecified atom stereocenters. The molecule has 5 nitrogen and oxygen atoms in total. The van der Waals surface area contributed by atoms with Crippen molar-refractivity contribution in [3.8, 4) is 39.6 Å².